The molecule has 0 unspecified atom stereocenters. The van der Waals surface area contributed by atoms with Crippen molar-refractivity contribution in [3.05, 3.63) is 59.1 Å². The molecule has 96 valence electrons. The van der Waals surface area contributed by atoms with Gasteiger partial charge in [-0.25, -0.2) is 4.98 Å². The Morgan fingerprint density at radius 3 is 2.89 bits per heavy atom. The molecular weight excluding hydrogens is 260 g/mol. The smallest absolute Gasteiger partial charge is 0.132 e. The summed E-state index contributed by atoms with van der Waals surface area (Å²) in [7, 11) is 0. The van der Waals surface area contributed by atoms with Crippen LogP contribution in [0, 0.1) is 0 Å². The highest BCUT2D eigenvalue weighted by molar-refractivity contribution is 6.29. The topological polar surface area (TPSA) is 41.4 Å². The third-order valence-corrected chi connectivity index (χ3v) is 3.24. The van der Waals surface area contributed by atoms with Gasteiger partial charge in [0.2, 0.25) is 0 Å². The van der Waals surface area contributed by atoms with E-state index in [4.69, 9.17) is 11.6 Å². The molecule has 0 radical (unpaired) electrons. The van der Waals surface area contributed by atoms with Gasteiger partial charge in [-0.2, -0.15) is 0 Å². The summed E-state index contributed by atoms with van der Waals surface area (Å²) >= 11 is 5.80. The fourth-order valence-electron chi connectivity index (χ4n) is 2.13. The number of aliphatic imine (C=N–C) groups is 1. The first-order chi connectivity index (χ1) is 9.33. The number of rotatable bonds is 3. The van der Waals surface area contributed by atoms with Gasteiger partial charge in [0.1, 0.15) is 11.0 Å². The second-order valence-electron chi connectivity index (χ2n) is 4.36. The van der Waals surface area contributed by atoms with E-state index in [2.05, 4.69) is 19.9 Å². The van der Waals surface area contributed by atoms with E-state index in [1.807, 2.05) is 36.7 Å². The van der Waals surface area contributed by atoms with E-state index in [1.54, 1.807) is 6.20 Å². The van der Waals surface area contributed by atoms with Crippen LogP contribution < -0.4 is 0 Å². The minimum atomic E-state index is 0.520. The molecule has 0 saturated heterocycles. The molecule has 1 aliphatic rings. The summed E-state index contributed by atoms with van der Waals surface area (Å²) < 4.78 is 0. The molecule has 5 heteroatoms. The van der Waals surface area contributed by atoms with Gasteiger partial charge in [0.25, 0.3) is 0 Å². The molecule has 19 heavy (non-hydrogen) atoms. The molecule has 0 aliphatic carbocycles. The highest BCUT2D eigenvalue weighted by Gasteiger charge is 2.18. The van der Waals surface area contributed by atoms with E-state index in [9.17, 15) is 0 Å². The summed E-state index contributed by atoms with van der Waals surface area (Å²) in [6.07, 6.45) is 5.42. The fourth-order valence-corrected chi connectivity index (χ4v) is 2.24. The summed E-state index contributed by atoms with van der Waals surface area (Å²) in [6.45, 7) is 2.54. The lowest BCUT2D eigenvalue weighted by Crippen LogP contribution is -2.28. The Balaban J connectivity index is 1.78. The Hall–Kier alpha value is -1.94. The number of pyridine rings is 2. The lowest BCUT2D eigenvalue weighted by molar-refractivity contribution is 0.452. The van der Waals surface area contributed by atoms with Gasteiger partial charge in [-0.15, -0.1) is 0 Å². The third-order valence-electron chi connectivity index (χ3n) is 3.01. The molecule has 2 aromatic heterocycles. The first kappa shape index (κ1) is 12.1. The summed E-state index contributed by atoms with van der Waals surface area (Å²) in [5.74, 6) is 1.00. The van der Waals surface area contributed by atoms with Crippen LogP contribution in [0.15, 0.2) is 47.8 Å². The Morgan fingerprint density at radius 2 is 2.16 bits per heavy atom. The van der Waals surface area contributed by atoms with Crippen LogP contribution in [0.1, 0.15) is 11.1 Å². The molecule has 0 N–H and O–H groups in total. The number of nitrogens with zero attached hydrogens (tertiary/aromatic N) is 4. The Labute approximate surface area is 116 Å². The molecule has 3 rings (SSSR count). The van der Waals surface area contributed by atoms with Crippen molar-refractivity contribution in [2.75, 3.05) is 13.1 Å². The Morgan fingerprint density at radius 1 is 1.21 bits per heavy atom. The van der Waals surface area contributed by atoms with Crippen LogP contribution in [0.2, 0.25) is 5.15 Å². The molecule has 0 amide bonds. The SMILES string of the molecule is Clc1ccc(CN2CCN=C2c2cccnc2)cn1. The maximum absolute atomic E-state index is 5.80. The van der Waals surface area contributed by atoms with Crippen molar-refractivity contribution in [3.8, 4) is 0 Å². The van der Waals surface area contributed by atoms with E-state index in [1.165, 1.54) is 0 Å². The van der Waals surface area contributed by atoms with Crippen LogP contribution in [-0.4, -0.2) is 33.8 Å². The van der Waals surface area contributed by atoms with Crippen molar-refractivity contribution >= 4 is 17.4 Å². The van der Waals surface area contributed by atoms with Crippen LogP contribution in [-0.2, 0) is 6.54 Å². The number of halogens is 1. The summed E-state index contributed by atoms with van der Waals surface area (Å²) in [4.78, 5) is 15.0. The van der Waals surface area contributed by atoms with Crippen molar-refractivity contribution in [3.63, 3.8) is 0 Å². The average molecular weight is 273 g/mol. The van der Waals surface area contributed by atoms with Crippen LogP contribution in [0.5, 0.6) is 0 Å². The zero-order valence-electron chi connectivity index (χ0n) is 10.3. The summed E-state index contributed by atoms with van der Waals surface area (Å²) in [5, 5.41) is 0.520. The average Bonchev–Trinajstić information content (AvgIpc) is 2.90. The summed E-state index contributed by atoms with van der Waals surface area (Å²) in [6, 6.07) is 7.77. The largest absolute Gasteiger partial charge is 0.350 e. The predicted molar refractivity (Wildman–Crippen MR) is 75.3 cm³/mol. The van der Waals surface area contributed by atoms with Crippen molar-refractivity contribution in [1.29, 1.82) is 0 Å². The van der Waals surface area contributed by atoms with Crippen LogP contribution in [0.3, 0.4) is 0 Å². The molecule has 3 heterocycles. The lowest BCUT2D eigenvalue weighted by atomic mass is 10.2. The molecule has 1 aliphatic heterocycles. The van der Waals surface area contributed by atoms with Gasteiger partial charge in [-0.1, -0.05) is 17.7 Å². The van der Waals surface area contributed by atoms with E-state index in [0.717, 1.165) is 36.6 Å². The molecule has 0 aromatic carbocycles. The van der Waals surface area contributed by atoms with E-state index < -0.39 is 0 Å². The second kappa shape index (κ2) is 5.36. The maximum atomic E-state index is 5.80. The van der Waals surface area contributed by atoms with Gasteiger partial charge < -0.3 is 4.90 Å². The molecule has 0 fully saturated rings. The minimum absolute atomic E-state index is 0.520. The molecule has 0 saturated carbocycles. The normalized spacial score (nSPS) is 14.6. The lowest BCUT2D eigenvalue weighted by Gasteiger charge is -2.20. The van der Waals surface area contributed by atoms with Gasteiger partial charge in [0.05, 0.1) is 6.54 Å². The van der Waals surface area contributed by atoms with Crippen molar-refractivity contribution in [1.82, 2.24) is 14.9 Å². The monoisotopic (exact) mass is 272 g/mol. The van der Waals surface area contributed by atoms with Crippen LogP contribution in [0.25, 0.3) is 0 Å². The van der Waals surface area contributed by atoms with E-state index in [-0.39, 0.29) is 0 Å². The first-order valence-corrected chi connectivity index (χ1v) is 6.51. The quantitative estimate of drug-likeness (QED) is 0.806. The molecule has 2 aromatic rings. The highest BCUT2D eigenvalue weighted by Crippen LogP contribution is 2.15. The minimum Gasteiger partial charge on any atom is -0.350 e. The molecule has 0 bridgehead atoms. The molecule has 4 nitrogen and oxygen atoms in total. The van der Waals surface area contributed by atoms with Gasteiger partial charge in [0, 0.05) is 37.2 Å². The standard InChI is InChI=1S/C14H13ClN4/c15-13-4-3-11(8-18-13)10-19-7-6-17-14(19)12-2-1-5-16-9-12/h1-5,8-9H,6-7,10H2. The number of hydrogen-bond acceptors (Lipinski definition) is 4. The van der Waals surface area contributed by atoms with Gasteiger partial charge in [0.15, 0.2) is 0 Å². The highest BCUT2D eigenvalue weighted by atomic mass is 35.5. The zero-order chi connectivity index (χ0) is 13.1. The van der Waals surface area contributed by atoms with Crippen molar-refractivity contribution in [2.45, 2.75) is 6.54 Å². The zero-order valence-corrected chi connectivity index (χ0v) is 11.1. The number of aromatic nitrogens is 2. The Kier molecular flexibility index (Phi) is 3.42. The van der Waals surface area contributed by atoms with Crippen LogP contribution in [0.4, 0.5) is 0 Å². The fraction of sp³-hybridized carbons (Fsp3) is 0.214. The second-order valence-corrected chi connectivity index (χ2v) is 4.75. The number of amidine groups is 1. The van der Waals surface area contributed by atoms with Gasteiger partial charge in [-0.05, 0) is 23.8 Å². The van der Waals surface area contributed by atoms with Gasteiger partial charge in [-0.3, -0.25) is 9.98 Å². The van der Waals surface area contributed by atoms with Crippen molar-refractivity contribution < 1.29 is 0 Å². The predicted octanol–water partition coefficient (Wildman–Crippen LogP) is 2.39. The van der Waals surface area contributed by atoms with Crippen LogP contribution >= 0.6 is 11.6 Å². The third kappa shape index (κ3) is 2.74. The molecule has 0 atom stereocenters. The van der Waals surface area contributed by atoms with E-state index in [0.29, 0.717) is 5.15 Å². The van der Waals surface area contributed by atoms with E-state index >= 15 is 0 Å². The van der Waals surface area contributed by atoms with Crippen molar-refractivity contribution in [2.24, 2.45) is 4.99 Å². The summed E-state index contributed by atoms with van der Waals surface area (Å²) in [5.41, 5.74) is 2.19. The molecular formula is C14H13ClN4. The Bertz CT molecular complexity index is 580. The molecule has 0 spiro atoms. The maximum Gasteiger partial charge on any atom is 0.132 e. The van der Waals surface area contributed by atoms with Gasteiger partial charge >= 0.3 is 0 Å². The number of hydrogen-bond donors (Lipinski definition) is 0. The first-order valence-electron chi connectivity index (χ1n) is 6.13.